The Kier molecular flexibility index (Phi) is 7.51. The Hall–Kier alpha value is -0.860. The molecule has 1 amide bonds. The van der Waals surface area contributed by atoms with Crippen LogP contribution in [0.1, 0.15) is 23.2 Å². The van der Waals surface area contributed by atoms with Gasteiger partial charge in [0, 0.05) is 35.2 Å². The van der Waals surface area contributed by atoms with Crippen LogP contribution in [0.4, 0.5) is 0 Å². The molecule has 0 unspecified atom stereocenters. The molecule has 0 aliphatic carbocycles. The lowest BCUT2D eigenvalue weighted by Crippen LogP contribution is -2.41. The average Bonchev–Trinajstić information content (AvgIpc) is 2.51. The molecule has 0 radical (unpaired) electrons. The highest BCUT2D eigenvalue weighted by Gasteiger charge is 2.20. The molecule has 140 valence electrons. The van der Waals surface area contributed by atoms with E-state index in [1.807, 2.05) is 0 Å². The van der Waals surface area contributed by atoms with E-state index in [4.69, 9.17) is 23.2 Å². The molecule has 1 aliphatic heterocycles. The lowest BCUT2D eigenvalue weighted by atomic mass is 9.96. The van der Waals surface area contributed by atoms with Crippen LogP contribution in [0.15, 0.2) is 18.2 Å². The molecule has 1 fully saturated rings. The van der Waals surface area contributed by atoms with Crippen molar-refractivity contribution in [2.45, 2.75) is 12.8 Å². The van der Waals surface area contributed by atoms with Crippen molar-refractivity contribution in [3.63, 3.8) is 0 Å². The zero-order chi connectivity index (χ0) is 18.4. The van der Waals surface area contributed by atoms with Crippen molar-refractivity contribution in [2.24, 2.45) is 5.92 Å². The van der Waals surface area contributed by atoms with Gasteiger partial charge in [-0.1, -0.05) is 23.2 Å². The number of benzene rings is 1. The summed E-state index contributed by atoms with van der Waals surface area (Å²) >= 11 is 11.8. The highest BCUT2D eigenvalue weighted by atomic mass is 35.5. The van der Waals surface area contributed by atoms with E-state index in [1.54, 1.807) is 18.2 Å². The minimum atomic E-state index is -3.13. The van der Waals surface area contributed by atoms with E-state index in [1.165, 1.54) is 0 Å². The molecule has 1 heterocycles. The number of carbonyl (C=O) groups excluding carboxylic acids is 1. The van der Waals surface area contributed by atoms with Crippen LogP contribution < -0.4 is 10.0 Å². The monoisotopic (exact) mass is 407 g/mol. The number of piperidine rings is 1. The number of carbonyl (C=O) groups is 1. The summed E-state index contributed by atoms with van der Waals surface area (Å²) in [6, 6.07) is 4.79. The Balaban J connectivity index is 1.70. The van der Waals surface area contributed by atoms with Crippen LogP contribution in [0, 0.1) is 5.92 Å². The molecule has 1 aromatic rings. The van der Waals surface area contributed by atoms with Gasteiger partial charge in [0.05, 0.1) is 6.26 Å². The van der Waals surface area contributed by atoms with Gasteiger partial charge in [-0.05, 0) is 50.0 Å². The molecule has 1 aliphatic rings. The standard InChI is InChI=1S/C16H23Cl2N3O3S/c1-25(23,24)20-4-7-21-5-2-12(3-6-21)11-19-16(22)13-8-14(17)10-15(18)9-13/h8-10,12,20H,2-7,11H2,1H3,(H,19,22). The Morgan fingerprint density at radius 1 is 1.20 bits per heavy atom. The number of halogens is 2. The van der Waals surface area contributed by atoms with Crippen molar-refractivity contribution < 1.29 is 13.2 Å². The maximum Gasteiger partial charge on any atom is 0.251 e. The Labute approximate surface area is 158 Å². The minimum absolute atomic E-state index is 0.177. The SMILES string of the molecule is CS(=O)(=O)NCCN1CCC(CNC(=O)c2cc(Cl)cc(Cl)c2)CC1. The van der Waals surface area contributed by atoms with E-state index in [2.05, 4.69) is 14.9 Å². The molecule has 0 bridgehead atoms. The van der Waals surface area contributed by atoms with E-state index in [-0.39, 0.29) is 5.91 Å². The third-order valence-corrected chi connectivity index (χ3v) is 5.34. The second-order valence-electron chi connectivity index (χ2n) is 6.32. The molecule has 6 nitrogen and oxygen atoms in total. The third-order valence-electron chi connectivity index (χ3n) is 4.18. The smallest absolute Gasteiger partial charge is 0.251 e. The number of hydrogen-bond acceptors (Lipinski definition) is 4. The number of rotatable bonds is 7. The lowest BCUT2D eigenvalue weighted by Gasteiger charge is -2.31. The summed E-state index contributed by atoms with van der Waals surface area (Å²) in [7, 11) is -3.13. The molecule has 0 spiro atoms. The summed E-state index contributed by atoms with van der Waals surface area (Å²) in [6.07, 6.45) is 3.10. The predicted molar refractivity (Wildman–Crippen MR) is 101 cm³/mol. The van der Waals surface area contributed by atoms with E-state index in [0.29, 0.717) is 41.2 Å². The van der Waals surface area contributed by atoms with Crippen LogP contribution in [0.3, 0.4) is 0 Å². The summed E-state index contributed by atoms with van der Waals surface area (Å²) in [5, 5.41) is 3.81. The Bertz CT molecular complexity index is 684. The summed E-state index contributed by atoms with van der Waals surface area (Å²) in [5.41, 5.74) is 0.460. The van der Waals surface area contributed by atoms with Gasteiger partial charge in [-0.3, -0.25) is 4.79 Å². The molecular weight excluding hydrogens is 385 g/mol. The molecule has 9 heteroatoms. The van der Waals surface area contributed by atoms with Gasteiger partial charge >= 0.3 is 0 Å². The van der Waals surface area contributed by atoms with Gasteiger partial charge in [0.1, 0.15) is 0 Å². The second-order valence-corrected chi connectivity index (χ2v) is 9.03. The van der Waals surface area contributed by atoms with Crippen molar-refractivity contribution >= 4 is 39.1 Å². The zero-order valence-corrected chi connectivity index (χ0v) is 16.4. The van der Waals surface area contributed by atoms with E-state index in [9.17, 15) is 13.2 Å². The highest BCUT2D eigenvalue weighted by Crippen LogP contribution is 2.20. The van der Waals surface area contributed by atoms with E-state index < -0.39 is 10.0 Å². The van der Waals surface area contributed by atoms with Gasteiger partial charge < -0.3 is 10.2 Å². The summed E-state index contributed by atoms with van der Waals surface area (Å²) in [4.78, 5) is 14.4. The maximum absolute atomic E-state index is 12.2. The van der Waals surface area contributed by atoms with Crippen LogP contribution in [0.25, 0.3) is 0 Å². The van der Waals surface area contributed by atoms with Crippen molar-refractivity contribution in [3.05, 3.63) is 33.8 Å². The molecule has 2 rings (SSSR count). The number of sulfonamides is 1. The number of amides is 1. The van der Waals surface area contributed by atoms with Crippen LogP contribution in [0.2, 0.25) is 10.0 Å². The van der Waals surface area contributed by atoms with E-state index in [0.717, 1.165) is 32.2 Å². The van der Waals surface area contributed by atoms with Crippen molar-refractivity contribution in [2.75, 3.05) is 39.0 Å². The average molecular weight is 408 g/mol. The molecule has 0 aromatic heterocycles. The van der Waals surface area contributed by atoms with Crippen molar-refractivity contribution in [3.8, 4) is 0 Å². The molecule has 1 saturated heterocycles. The fourth-order valence-corrected chi connectivity index (χ4v) is 3.82. The number of likely N-dealkylation sites (tertiary alicyclic amines) is 1. The topological polar surface area (TPSA) is 78.5 Å². The Morgan fingerprint density at radius 3 is 2.36 bits per heavy atom. The van der Waals surface area contributed by atoms with Crippen LogP contribution >= 0.6 is 23.2 Å². The minimum Gasteiger partial charge on any atom is -0.352 e. The first-order chi connectivity index (χ1) is 11.7. The summed E-state index contributed by atoms with van der Waals surface area (Å²) in [6.45, 7) is 3.53. The molecule has 1 aromatic carbocycles. The molecule has 0 atom stereocenters. The van der Waals surface area contributed by atoms with Gasteiger partial charge in [0.15, 0.2) is 0 Å². The lowest BCUT2D eigenvalue weighted by molar-refractivity contribution is 0.0936. The summed E-state index contributed by atoms with van der Waals surface area (Å²) < 4.78 is 24.6. The number of hydrogen-bond donors (Lipinski definition) is 2. The third kappa shape index (κ3) is 7.50. The quantitative estimate of drug-likeness (QED) is 0.724. The zero-order valence-electron chi connectivity index (χ0n) is 14.1. The molecular formula is C16H23Cl2N3O3S. The largest absolute Gasteiger partial charge is 0.352 e. The fourth-order valence-electron chi connectivity index (χ4n) is 2.83. The first-order valence-corrected chi connectivity index (χ1v) is 10.8. The van der Waals surface area contributed by atoms with Crippen LogP contribution in [0.5, 0.6) is 0 Å². The second kappa shape index (κ2) is 9.19. The van der Waals surface area contributed by atoms with Crippen LogP contribution in [-0.4, -0.2) is 58.2 Å². The van der Waals surface area contributed by atoms with Gasteiger partial charge in [0.25, 0.3) is 5.91 Å². The molecule has 25 heavy (non-hydrogen) atoms. The van der Waals surface area contributed by atoms with Crippen molar-refractivity contribution in [1.82, 2.24) is 14.9 Å². The highest BCUT2D eigenvalue weighted by molar-refractivity contribution is 7.88. The molecule has 0 saturated carbocycles. The van der Waals surface area contributed by atoms with Crippen LogP contribution in [-0.2, 0) is 10.0 Å². The number of nitrogens with zero attached hydrogens (tertiary/aromatic N) is 1. The predicted octanol–water partition coefficient (Wildman–Crippen LogP) is 1.98. The molecule has 2 N–H and O–H groups in total. The first kappa shape index (κ1) is 20.5. The number of nitrogens with one attached hydrogen (secondary N) is 2. The van der Waals surface area contributed by atoms with Gasteiger partial charge in [-0.2, -0.15) is 0 Å². The normalized spacial score (nSPS) is 16.8. The van der Waals surface area contributed by atoms with Crippen molar-refractivity contribution in [1.29, 1.82) is 0 Å². The maximum atomic E-state index is 12.2. The first-order valence-electron chi connectivity index (χ1n) is 8.14. The van der Waals surface area contributed by atoms with E-state index >= 15 is 0 Å². The summed E-state index contributed by atoms with van der Waals surface area (Å²) in [5.74, 6) is 0.238. The van der Waals surface area contributed by atoms with Gasteiger partial charge in [-0.25, -0.2) is 13.1 Å². The van der Waals surface area contributed by atoms with Gasteiger partial charge in [-0.15, -0.1) is 0 Å². The fraction of sp³-hybridized carbons (Fsp3) is 0.562. The Morgan fingerprint density at radius 2 is 1.80 bits per heavy atom. The van der Waals surface area contributed by atoms with Gasteiger partial charge in [0.2, 0.25) is 10.0 Å².